The Morgan fingerprint density at radius 1 is 1.08 bits per heavy atom. The van der Waals surface area contributed by atoms with E-state index in [1.165, 1.54) is 17.8 Å². The van der Waals surface area contributed by atoms with Crippen LogP contribution >= 0.6 is 22.9 Å². The number of ether oxygens (including phenoxy) is 1. The number of aryl methyl sites for hydroxylation is 2. The molecule has 186 valence electrons. The molecule has 0 bridgehead atoms. The second-order valence-electron chi connectivity index (χ2n) is 9.58. The summed E-state index contributed by atoms with van der Waals surface area (Å²) in [6.07, 6.45) is 5.52. The summed E-state index contributed by atoms with van der Waals surface area (Å²) in [5.41, 5.74) is 5.15. The van der Waals surface area contributed by atoms with Gasteiger partial charge in [-0.1, -0.05) is 61.2 Å². The fraction of sp³-hybridized carbons (Fsp3) is 0.333. The lowest BCUT2D eigenvalue weighted by Crippen LogP contribution is -2.40. The van der Waals surface area contributed by atoms with Crippen LogP contribution in [0.25, 0.3) is 21.2 Å². The van der Waals surface area contributed by atoms with Crippen molar-refractivity contribution in [3.05, 3.63) is 81.4 Å². The Bertz CT molecular complexity index is 1410. The second-order valence-corrected chi connectivity index (χ2v) is 11.0. The molecule has 0 spiro atoms. The zero-order chi connectivity index (χ0) is 25.2. The van der Waals surface area contributed by atoms with E-state index in [4.69, 9.17) is 16.3 Å². The van der Waals surface area contributed by atoms with Crippen LogP contribution in [0.2, 0.25) is 5.02 Å². The van der Waals surface area contributed by atoms with Gasteiger partial charge >= 0.3 is 0 Å². The van der Waals surface area contributed by atoms with Crippen LogP contribution in [-0.4, -0.2) is 28.9 Å². The molecule has 1 aliphatic carbocycles. The van der Waals surface area contributed by atoms with Crippen LogP contribution in [0.3, 0.4) is 0 Å². The van der Waals surface area contributed by atoms with E-state index in [2.05, 4.69) is 23.2 Å². The average molecular weight is 519 g/mol. The number of carbonyl (C=O) groups is 1. The van der Waals surface area contributed by atoms with Crippen LogP contribution in [0.5, 0.6) is 5.75 Å². The van der Waals surface area contributed by atoms with Gasteiger partial charge in [-0.15, -0.1) is 11.3 Å². The van der Waals surface area contributed by atoms with Gasteiger partial charge in [0.05, 0.1) is 12.1 Å². The van der Waals surface area contributed by atoms with E-state index < -0.39 is 0 Å². The molecule has 2 aromatic heterocycles. The molecule has 0 aliphatic heterocycles. The molecule has 1 amide bonds. The van der Waals surface area contributed by atoms with E-state index in [1.54, 1.807) is 7.11 Å². The quantitative estimate of drug-likeness (QED) is 0.258. The Labute approximate surface area is 221 Å². The van der Waals surface area contributed by atoms with E-state index in [9.17, 15) is 4.79 Å². The number of benzene rings is 2. The molecule has 0 atom stereocenters. The summed E-state index contributed by atoms with van der Waals surface area (Å²) in [7, 11) is 1.69. The number of nitrogens with zero attached hydrogens (tertiary/aromatic N) is 2. The Morgan fingerprint density at radius 3 is 2.58 bits per heavy atom. The number of thiophene rings is 1. The summed E-state index contributed by atoms with van der Waals surface area (Å²) in [5.74, 6) is 0.793. The van der Waals surface area contributed by atoms with Crippen molar-refractivity contribution in [2.45, 2.75) is 58.5 Å². The summed E-state index contributed by atoms with van der Waals surface area (Å²) < 4.78 is 6.79. The smallest absolute Gasteiger partial charge is 0.266 e. The molecule has 1 saturated carbocycles. The zero-order valence-electron chi connectivity index (χ0n) is 21.0. The predicted molar refractivity (Wildman–Crippen MR) is 149 cm³/mol. The number of methoxy groups -OCH3 is 1. The van der Waals surface area contributed by atoms with Crippen molar-refractivity contribution in [1.29, 1.82) is 0 Å². The summed E-state index contributed by atoms with van der Waals surface area (Å²) in [4.78, 5) is 21.4. The fourth-order valence-electron chi connectivity index (χ4n) is 5.29. The number of rotatable bonds is 6. The van der Waals surface area contributed by atoms with Gasteiger partial charge in [0.2, 0.25) is 0 Å². The Hall–Kier alpha value is -2.89. The van der Waals surface area contributed by atoms with E-state index in [-0.39, 0.29) is 11.9 Å². The molecule has 4 aromatic rings. The maximum atomic E-state index is 14.1. The summed E-state index contributed by atoms with van der Waals surface area (Å²) >= 11 is 8.25. The first-order valence-corrected chi connectivity index (χ1v) is 13.7. The Morgan fingerprint density at radius 2 is 1.86 bits per heavy atom. The van der Waals surface area contributed by atoms with Gasteiger partial charge in [0.15, 0.2) is 0 Å². The normalized spacial score (nSPS) is 14.2. The molecule has 0 N–H and O–H groups in total. The van der Waals surface area contributed by atoms with Gasteiger partial charge < -0.3 is 9.64 Å². The summed E-state index contributed by atoms with van der Waals surface area (Å²) in [5, 5.41) is 1.50. The standard InChI is InChI=1S/C30H31ClN2O2S/c1-19-13-15-24(20(2)32-19)21-14-16-26(35-3)22(17-21)18-33(23-9-5-4-6-10-23)30(34)29-28(31)25-11-7-8-12-27(25)36-29/h7-8,11-17,23H,4-6,9-10,18H2,1-3H3. The molecular weight excluding hydrogens is 488 g/mol. The van der Waals surface area contributed by atoms with E-state index >= 15 is 0 Å². The highest BCUT2D eigenvalue weighted by Crippen LogP contribution is 2.38. The van der Waals surface area contributed by atoms with Gasteiger partial charge in [0.25, 0.3) is 5.91 Å². The molecule has 4 nitrogen and oxygen atoms in total. The lowest BCUT2D eigenvalue weighted by Gasteiger charge is -2.34. The first-order valence-electron chi connectivity index (χ1n) is 12.6. The molecule has 2 aromatic carbocycles. The Balaban J connectivity index is 1.55. The van der Waals surface area contributed by atoms with Crippen molar-refractivity contribution in [3.8, 4) is 16.9 Å². The number of amides is 1. The van der Waals surface area contributed by atoms with Crippen molar-refractivity contribution < 1.29 is 9.53 Å². The number of carbonyl (C=O) groups excluding carboxylic acids is 1. The molecule has 6 heteroatoms. The highest BCUT2D eigenvalue weighted by atomic mass is 35.5. The van der Waals surface area contributed by atoms with Gasteiger partial charge in [-0.3, -0.25) is 9.78 Å². The van der Waals surface area contributed by atoms with Crippen LogP contribution in [0.1, 0.15) is 58.7 Å². The van der Waals surface area contributed by atoms with Gasteiger partial charge in [-0.25, -0.2) is 0 Å². The van der Waals surface area contributed by atoms with Crippen molar-refractivity contribution >= 4 is 38.9 Å². The van der Waals surface area contributed by atoms with Gasteiger partial charge in [0, 0.05) is 45.2 Å². The Kier molecular flexibility index (Phi) is 7.31. The van der Waals surface area contributed by atoms with Crippen LogP contribution in [0, 0.1) is 13.8 Å². The van der Waals surface area contributed by atoms with Crippen LogP contribution < -0.4 is 4.74 Å². The number of hydrogen-bond donors (Lipinski definition) is 0. The monoisotopic (exact) mass is 518 g/mol. The summed E-state index contributed by atoms with van der Waals surface area (Å²) in [6.45, 7) is 4.51. The molecule has 5 rings (SSSR count). The van der Waals surface area contributed by atoms with Crippen molar-refractivity contribution in [1.82, 2.24) is 9.88 Å². The van der Waals surface area contributed by atoms with E-state index in [1.807, 2.05) is 55.1 Å². The molecule has 2 heterocycles. The molecule has 1 aliphatic rings. The summed E-state index contributed by atoms with van der Waals surface area (Å²) in [6, 6.07) is 18.5. The minimum Gasteiger partial charge on any atom is -0.496 e. The van der Waals surface area contributed by atoms with E-state index in [0.717, 1.165) is 69.6 Å². The number of fused-ring (bicyclic) bond motifs is 1. The van der Waals surface area contributed by atoms with Gasteiger partial charge in [-0.05, 0) is 56.5 Å². The van der Waals surface area contributed by atoms with Crippen LogP contribution in [0.4, 0.5) is 0 Å². The van der Waals surface area contributed by atoms with Crippen molar-refractivity contribution in [3.63, 3.8) is 0 Å². The molecule has 1 fully saturated rings. The lowest BCUT2D eigenvalue weighted by atomic mass is 9.93. The lowest BCUT2D eigenvalue weighted by molar-refractivity contribution is 0.0618. The number of pyridine rings is 1. The molecule has 0 saturated heterocycles. The first kappa shape index (κ1) is 24.8. The van der Waals surface area contributed by atoms with Crippen molar-refractivity contribution in [2.75, 3.05) is 7.11 Å². The average Bonchev–Trinajstić information content (AvgIpc) is 3.24. The third kappa shape index (κ3) is 4.87. The zero-order valence-corrected chi connectivity index (χ0v) is 22.6. The third-order valence-electron chi connectivity index (χ3n) is 7.16. The van der Waals surface area contributed by atoms with Crippen molar-refractivity contribution in [2.24, 2.45) is 0 Å². The van der Waals surface area contributed by atoms with Gasteiger partial charge in [0.1, 0.15) is 10.6 Å². The minimum absolute atomic E-state index is 0.00809. The van der Waals surface area contributed by atoms with Crippen LogP contribution in [0.15, 0.2) is 54.6 Å². The number of aromatic nitrogens is 1. The third-order valence-corrected chi connectivity index (χ3v) is 8.83. The SMILES string of the molecule is COc1ccc(-c2ccc(C)nc2C)cc1CN(C(=O)c1sc2ccccc2c1Cl)C1CCCCC1. The van der Waals surface area contributed by atoms with E-state index in [0.29, 0.717) is 16.4 Å². The fourth-order valence-corrected chi connectivity index (χ4v) is 6.75. The maximum absolute atomic E-state index is 14.1. The molecule has 0 radical (unpaired) electrons. The second kappa shape index (κ2) is 10.6. The van der Waals surface area contributed by atoms with Gasteiger partial charge in [-0.2, -0.15) is 0 Å². The molecule has 36 heavy (non-hydrogen) atoms. The largest absolute Gasteiger partial charge is 0.496 e. The molecule has 0 unspecified atom stereocenters. The number of halogens is 1. The maximum Gasteiger partial charge on any atom is 0.266 e. The topological polar surface area (TPSA) is 42.4 Å². The first-order chi connectivity index (χ1) is 17.5. The molecular formula is C30H31ClN2O2S. The minimum atomic E-state index is 0.00809. The highest BCUT2D eigenvalue weighted by molar-refractivity contribution is 7.21. The van der Waals surface area contributed by atoms with Crippen LogP contribution in [-0.2, 0) is 6.54 Å². The predicted octanol–water partition coefficient (Wildman–Crippen LogP) is 8.22. The number of hydrogen-bond acceptors (Lipinski definition) is 4. The highest BCUT2D eigenvalue weighted by Gasteiger charge is 2.30.